The molecule has 0 aliphatic heterocycles. The molecule has 0 amide bonds. The maximum Gasteiger partial charge on any atom is 0.0892 e. The maximum absolute atomic E-state index is 6.14. The summed E-state index contributed by atoms with van der Waals surface area (Å²) >= 11 is 0. The SMILES string of the molecule is CCCNc1ccnc(COC2CCCCC2CC)c1. The van der Waals surface area contributed by atoms with Crippen LogP contribution in [-0.4, -0.2) is 17.6 Å². The fourth-order valence-electron chi connectivity index (χ4n) is 2.99. The van der Waals surface area contributed by atoms with Gasteiger partial charge in [0.2, 0.25) is 0 Å². The number of aromatic nitrogens is 1. The lowest BCUT2D eigenvalue weighted by Gasteiger charge is -2.30. The normalized spacial score (nSPS) is 22.7. The molecule has 0 bridgehead atoms. The molecule has 1 aliphatic rings. The van der Waals surface area contributed by atoms with Gasteiger partial charge in [0.1, 0.15) is 0 Å². The lowest BCUT2D eigenvalue weighted by molar-refractivity contribution is -0.0234. The van der Waals surface area contributed by atoms with E-state index in [-0.39, 0.29) is 0 Å². The molecule has 3 heteroatoms. The van der Waals surface area contributed by atoms with Crippen LogP contribution in [0.15, 0.2) is 18.3 Å². The molecule has 2 unspecified atom stereocenters. The minimum Gasteiger partial charge on any atom is -0.385 e. The zero-order chi connectivity index (χ0) is 14.2. The van der Waals surface area contributed by atoms with E-state index in [9.17, 15) is 0 Å². The first-order valence-corrected chi connectivity index (χ1v) is 8.13. The van der Waals surface area contributed by atoms with Crippen LogP contribution in [-0.2, 0) is 11.3 Å². The first-order valence-electron chi connectivity index (χ1n) is 8.13. The van der Waals surface area contributed by atoms with Crippen LogP contribution in [0.3, 0.4) is 0 Å². The average Bonchev–Trinajstić information content (AvgIpc) is 2.51. The Morgan fingerprint density at radius 2 is 2.15 bits per heavy atom. The highest BCUT2D eigenvalue weighted by Crippen LogP contribution is 2.29. The number of pyridine rings is 1. The molecule has 1 saturated carbocycles. The first-order chi connectivity index (χ1) is 9.83. The van der Waals surface area contributed by atoms with E-state index >= 15 is 0 Å². The molecular weight excluding hydrogens is 248 g/mol. The highest BCUT2D eigenvalue weighted by molar-refractivity contribution is 5.42. The van der Waals surface area contributed by atoms with Crippen LogP contribution in [0.5, 0.6) is 0 Å². The van der Waals surface area contributed by atoms with Gasteiger partial charge in [0.25, 0.3) is 0 Å². The van der Waals surface area contributed by atoms with Crippen molar-refractivity contribution < 1.29 is 4.74 Å². The molecule has 0 radical (unpaired) electrons. The van der Waals surface area contributed by atoms with Crippen LogP contribution in [0.2, 0.25) is 0 Å². The van der Waals surface area contributed by atoms with Gasteiger partial charge < -0.3 is 10.1 Å². The second-order valence-corrected chi connectivity index (χ2v) is 5.76. The summed E-state index contributed by atoms with van der Waals surface area (Å²) in [7, 11) is 0. The average molecular weight is 276 g/mol. The molecule has 0 saturated heterocycles. The Balaban J connectivity index is 1.86. The summed E-state index contributed by atoms with van der Waals surface area (Å²) < 4.78 is 6.14. The van der Waals surface area contributed by atoms with E-state index in [1.54, 1.807) is 0 Å². The Morgan fingerprint density at radius 3 is 2.95 bits per heavy atom. The number of nitrogens with zero attached hydrogens (tertiary/aromatic N) is 1. The van der Waals surface area contributed by atoms with Crippen LogP contribution < -0.4 is 5.32 Å². The molecule has 1 heterocycles. The van der Waals surface area contributed by atoms with Gasteiger partial charge in [-0.25, -0.2) is 0 Å². The zero-order valence-corrected chi connectivity index (χ0v) is 12.9. The van der Waals surface area contributed by atoms with Gasteiger partial charge in [0.15, 0.2) is 0 Å². The van der Waals surface area contributed by atoms with Crippen LogP contribution in [0.25, 0.3) is 0 Å². The summed E-state index contributed by atoms with van der Waals surface area (Å²) in [5.41, 5.74) is 2.18. The van der Waals surface area contributed by atoms with Crippen molar-refractivity contribution in [1.29, 1.82) is 0 Å². The fourth-order valence-corrected chi connectivity index (χ4v) is 2.99. The number of anilines is 1. The molecule has 112 valence electrons. The number of ether oxygens (including phenoxy) is 1. The number of hydrogen-bond acceptors (Lipinski definition) is 3. The van der Waals surface area contributed by atoms with Gasteiger partial charge >= 0.3 is 0 Å². The number of nitrogens with one attached hydrogen (secondary N) is 1. The predicted octanol–water partition coefficient (Wildman–Crippen LogP) is 4.39. The Kier molecular flexibility index (Phi) is 6.31. The lowest BCUT2D eigenvalue weighted by atomic mass is 9.85. The largest absolute Gasteiger partial charge is 0.385 e. The molecule has 2 atom stereocenters. The summed E-state index contributed by atoms with van der Waals surface area (Å²) in [6.07, 6.45) is 9.89. The molecule has 20 heavy (non-hydrogen) atoms. The van der Waals surface area contributed by atoms with Crippen molar-refractivity contribution in [2.45, 2.75) is 65.1 Å². The highest BCUT2D eigenvalue weighted by Gasteiger charge is 2.24. The van der Waals surface area contributed by atoms with Crippen molar-refractivity contribution >= 4 is 5.69 Å². The summed E-state index contributed by atoms with van der Waals surface area (Å²) in [6.45, 7) is 6.10. The van der Waals surface area contributed by atoms with Crippen molar-refractivity contribution in [3.63, 3.8) is 0 Å². The standard InChI is InChI=1S/C17H28N2O/c1-3-10-18-15-9-11-19-16(12-15)13-20-17-8-6-5-7-14(17)4-2/h9,11-12,14,17H,3-8,10,13H2,1-2H3,(H,18,19). The van der Waals surface area contributed by atoms with Crippen molar-refractivity contribution in [3.05, 3.63) is 24.0 Å². The number of rotatable bonds is 7. The molecule has 1 aliphatic carbocycles. The summed E-state index contributed by atoms with van der Waals surface area (Å²) in [4.78, 5) is 4.42. The van der Waals surface area contributed by atoms with E-state index in [2.05, 4.69) is 30.2 Å². The molecule has 1 N–H and O–H groups in total. The topological polar surface area (TPSA) is 34.2 Å². The van der Waals surface area contributed by atoms with Crippen LogP contribution >= 0.6 is 0 Å². The van der Waals surface area contributed by atoms with Gasteiger partial charge in [-0.15, -0.1) is 0 Å². The third kappa shape index (κ3) is 4.48. The summed E-state index contributed by atoms with van der Waals surface area (Å²) in [5, 5.41) is 3.40. The minimum atomic E-state index is 0.433. The smallest absolute Gasteiger partial charge is 0.0892 e. The Labute approximate surface area is 123 Å². The van der Waals surface area contributed by atoms with Gasteiger partial charge in [0, 0.05) is 18.4 Å². The monoisotopic (exact) mass is 276 g/mol. The van der Waals surface area contributed by atoms with E-state index < -0.39 is 0 Å². The van der Waals surface area contributed by atoms with Gasteiger partial charge in [-0.3, -0.25) is 4.98 Å². The second-order valence-electron chi connectivity index (χ2n) is 5.76. The number of hydrogen-bond donors (Lipinski definition) is 1. The van der Waals surface area contributed by atoms with Gasteiger partial charge in [-0.2, -0.15) is 0 Å². The second kappa shape index (κ2) is 8.25. The lowest BCUT2D eigenvalue weighted by Crippen LogP contribution is -2.27. The van der Waals surface area contributed by atoms with Crippen LogP contribution in [0, 0.1) is 5.92 Å². The summed E-state index contributed by atoms with van der Waals surface area (Å²) in [6, 6.07) is 4.13. The Hall–Kier alpha value is -1.09. The van der Waals surface area contributed by atoms with E-state index in [0.717, 1.165) is 30.3 Å². The minimum absolute atomic E-state index is 0.433. The van der Waals surface area contributed by atoms with Gasteiger partial charge in [-0.1, -0.05) is 33.1 Å². The predicted molar refractivity (Wildman–Crippen MR) is 83.8 cm³/mol. The quantitative estimate of drug-likeness (QED) is 0.802. The van der Waals surface area contributed by atoms with Crippen LogP contribution in [0.4, 0.5) is 5.69 Å². The van der Waals surface area contributed by atoms with E-state index in [0.29, 0.717) is 12.7 Å². The fraction of sp³-hybridized carbons (Fsp3) is 0.706. The first kappa shape index (κ1) is 15.3. The Morgan fingerprint density at radius 1 is 1.30 bits per heavy atom. The summed E-state index contributed by atoms with van der Waals surface area (Å²) in [5.74, 6) is 0.741. The third-order valence-electron chi connectivity index (χ3n) is 4.20. The zero-order valence-electron chi connectivity index (χ0n) is 12.9. The molecule has 0 aromatic carbocycles. The van der Waals surface area contributed by atoms with Gasteiger partial charge in [-0.05, 0) is 37.3 Å². The van der Waals surface area contributed by atoms with E-state index in [1.165, 1.54) is 32.1 Å². The van der Waals surface area contributed by atoms with Crippen molar-refractivity contribution in [1.82, 2.24) is 4.98 Å². The van der Waals surface area contributed by atoms with Crippen molar-refractivity contribution in [2.75, 3.05) is 11.9 Å². The molecule has 0 spiro atoms. The van der Waals surface area contributed by atoms with E-state index in [4.69, 9.17) is 4.74 Å². The maximum atomic E-state index is 6.14. The molecule has 2 rings (SSSR count). The molecular formula is C17H28N2O. The Bertz CT molecular complexity index is 394. The third-order valence-corrected chi connectivity index (χ3v) is 4.20. The van der Waals surface area contributed by atoms with Gasteiger partial charge in [0.05, 0.1) is 18.4 Å². The van der Waals surface area contributed by atoms with Crippen molar-refractivity contribution in [2.24, 2.45) is 5.92 Å². The molecule has 1 aromatic rings. The van der Waals surface area contributed by atoms with Crippen molar-refractivity contribution in [3.8, 4) is 0 Å². The van der Waals surface area contributed by atoms with Crippen LogP contribution in [0.1, 0.15) is 58.1 Å². The molecule has 1 fully saturated rings. The molecule has 3 nitrogen and oxygen atoms in total. The van der Waals surface area contributed by atoms with E-state index in [1.807, 2.05) is 12.3 Å². The highest BCUT2D eigenvalue weighted by atomic mass is 16.5. The molecule has 1 aromatic heterocycles.